The largest absolute Gasteiger partial charge is 0.453 e. The second kappa shape index (κ2) is 14.2. The van der Waals surface area contributed by atoms with Gasteiger partial charge in [-0.25, -0.2) is 4.79 Å². The van der Waals surface area contributed by atoms with Crippen LogP contribution in [0.2, 0.25) is 0 Å². The minimum absolute atomic E-state index is 0. The molecule has 35 heavy (non-hydrogen) atoms. The number of carbonyl (C=O) groups is 2. The van der Waals surface area contributed by atoms with E-state index in [0.717, 1.165) is 24.3 Å². The molecule has 8 nitrogen and oxygen atoms in total. The molecule has 0 radical (unpaired) electrons. The minimum Gasteiger partial charge on any atom is -0.453 e. The molecule has 0 bridgehead atoms. The Morgan fingerprint density at radius 3 is 2.51 bits per heavy atom. The predicted molar refractivity (Wildman–Crippen MR) is 144 cm³/mol. The standard InChI is InChI=1S/C25H40N4O4.2ClH/c1-25(2,14-20(26)22(30)17-28-11-7-4-8-12-28)15-23(31)29-16-19(27-24(32)33-3)13-18-9-5-6-10-21(18)29;;/h5-6,9-10,19-20,22,30H,4,7-8,11-17,26H2,1-3H3,(H,27,32);2*1H/t19?,20-,22-;;/m0../s1. The number of benzene rings is 1. The third-order valence-electron chi connectivity index (χ3n) is 6.77. The molecule has 1 fully saturated rings. The Morgan fingerprint density at radius 2 is 1.86 bits per heavy atom. The van der Waals surface area contributed by atoms with Crippen molar-refractivity contribution in [2.45, 2.75) is 70.6 Å². The molecular formula is C25H42Cl2N4O4. The van der Waals surface area contributed by atoms with Crippen LogP contribution < -0.4 is 16.0 Å². The third kappa shape index (κ3) is 9.10. The number of alkyl carbamates (subject to hydrolysis) is 1. The summed E-state index contributed by atoms with van der Waals surface area (Å²) in [5.41, 5.74) is 7.91. The van der Waals surface area contributed by atoms with Crippen LogP contribution >= 0.6 is 24.8 Å². The maximum absolute atomic E-state index is 13.4. The molecule has 200 valence electrons. The Morgan fingerprint density at radius 1 is 1.20 bits per heavy atom. The van der Waals surface area contributed by atoms with Gasteiger partial charge in [-0.1, -0.05) is 38.5 Å². The van der Waals surface area contributed by atoms with Crippen molar-refractivity contribution >= 4 is 42.5 Å². The van der Waals surface area contributed by atoms with Crippen molar-refractivity contribution in [2.24, 2.45) is 11.1 Å². The van der Waals surface area contributed by atoms with Crippen LogP contribution in [0.4, 0.5) is 10.5 Å². The molecule has 2 heterocycles. The number of carbonyl (C=O) groups excluding carboxylic acids is 2. The van der Waals surface area contributed by atoms with Gasteiger partial charge >= 0.3 is 6.09 Å². The normalized spacial score (nSPS) is 19.9. The number of anilines is 1. The van der Waals surface area contributed by atoms with Gasteiger partial charge in [0.05, 0.1) is 19.3 Å². The molecule has 2 aliphatic heterocycles. The molecule has 3 atom stereocenters. The first kappa shape index (κ1) is 31.4. The fourth-order valence-electron chi connectivity index (χ4n) is 5.05. The third-order valence-corrected chi connectivity index (χ3v) is 6.77. The molecule has 2 aliphatic rings. The van der Waals surface area contributed by atoms with Crippen molar-refractivity contribution in [3.8, 4) is 0 Å². The Kier molecular flexibility index (Phi) is 12.8. The monoisotopic (exact) mass is 532 g/mol. The zero-order chi connectivity index (χ0) is 24.0. The van der Waals surface area contributed by atoms with Crippen molar-refractivity contribution in [1.29, 1.82) is 0 Å². The van der Waals surface area contributed by atoms with Crippen LogP contribution in [0.3, 0.4) is 0 Å². The predicted octanol–water partition coefficient (Wildman–Crippen LogP) is 3.12. The first-order valence-electron chi connectivity index (χ1n) is 12.1. The molecule has 4 N–H and O–H groups in total. The van der Waals surface area contributed by atoms with E-state index in [4.69, 9.17) is 10.5 Å². The number of fused-ring (bicyclic) bond motifs is 1. The quantitative estimate of drug-likeness (QED) is 0.474. The summed E-state index contributed by atoms with van der Waals surface area (Å²) in [7, 11) is 1.33. The minimum atomic E-state index is -0.609. The van der Waals surface area contributed by atoms with Crippen LogP contribution in [-0.2, 0) is 16.0 Å². The highest BCUT2D eigenvalue weighted by molar-refractivity contribution is 5.95. The van der Waals surface area contributed by atoms with Gasteiger partial charge in [-0.05, 0) is 55.8 Å². The first-order chi connectivity index (χ1) is 15.7. The Labute approximate surface area is 221 Å². The van der Waals surface area contributed by atoms with E-state index in [2.05, 4.69) is 10.2 Å². The lowest BCUT2D eigenvalue weighted by molar-refractivity contribution is -0.120. The number of aliphatic hydroxyl groups excluding tert-OH is 1. The fraction of sp³-hybridized carbons (Fsp3) is 0.680. The summed E-state index contributed by atoms with van der Waals surface area (Å²) in [4.78, 5) is 29.2. The summed E-state index contributed by atoms with van der Waals surface area (Å²) in [5, 5.41) is 13.5. The van der Waals surface area contributed by atoms with Gasteiger partial charge in [-0.3, -0.25) is 4.79 Å². The maximum Gasteiger partial charge on any atom is 0.407 e. The number of rotatable bonds is 8. The van der Waals surface area contributed by atoms with E-state index in [9.17, 15) is 14.7 Å². The molecule has 1 aromatic carbocycles. The van der Waals surface area contributed by atoms with Crippen LogP contribution in [0, 0.1) is 5.41 Å². The lowest BCUT2D eigenvalue weighted by atomic mass is 9.80. The molecule has 0 spiro atoms. The summed E-state index contributed by atoms with van der Waals surface area (Å²) in [6, 6.07) is 7.19. The van der Waals surface area contributed by atoms with Crippen LogP contribution in [-0.4, -0.2) is 73.5 Å². The highest BCUT2D eigenvalue weighted by atomic mass is 35.5. The van der Waals surface area contributed by atoms with Crippen LogP contribution in [0.5, 0.6) is 0 Å². The number of aliphatic hydroxyl groups is 1. The molecule has 0 aromatic heterocycles. The Balaban J connectivity index is 0.00000306. The number of piperidine rings is 1. The second-order valence-corrected chi connectivity index (χ2v) is 10.3. The zero-order valence-electron chi connectivity index (χ0n) is 21.1. The molecule has 1 aromatic rings. The summed E-state index contributed by atoms with van der Waals surface area (Å²) in [6.45, 7) is 7.06. The van der Waals surface area contributed by atoms with E-state index in [1.54, 1.807) is 4.90 Å². The molecule has 2 amide bonds. The van der Waals surface area contributed by atoms with Gasteiger partial charge in [0.1, 0.15) is 0 Å². The number of nitrogens with zero attached hydrogens (tertiary/aromatic N) is 2. The number of β-amino-alcohol motifs (C(OH)–C–C–N with tert-alkyl or cyclic N) is 1. The number of hydrogen-bond acceptors (Lipinski definition) is 6. The van der Waals surface area contributed by atoms with Crippen molar-refractivity contribution in [3.63, 3.8) is 0 Å². The van der Waals surface area contributed by atoms with E-state index < -0.39 is 18.2 Å². The van der Waals surface area contributed by atoms with Crippen molar-refractivity contribution in [3.05, 3.63) is 29.8 Å². The summed E-state index contributed by atoms with van der Waals surface area (Å²) < 4.78 is 4.74. The van der Waals surface area contributed by atoms with Gasteiger partial charge in [0.25, 0.3) is 0 Å². The molecule has 10 heteroatoms. The van der Waals surface area contributed by atoms with E-state index in [0.29, 0.717) is 32.4 Å². The van der Waals surface area contributed by atoms with E-state index in [1.807, 2.05) is 38.1 Å². The number of para-hydroxylation sites is 1. The number of nitrogens with two attached hydrogens (primary N) is 1. The average Bonchev–Trinajstić information content (AvgIpc) is 2.78. The SMILES string of the molecule is COC(=O)NC1Cc2ccccc2N(C(=O)CC(C)(C)C[C@H](N)[C@@H](O)CN2CCCCC2)C1.Cl.Cl. The average molecular weight is 534 g/mol. The summed E-state index contributed by atoms with van der Waals surface area (Å²) in [6.07, 6.45) is 3.98. The first-order valence-corrected chi connectivity index (χ1v) is 12.1. The highest BCUT2D eigenvalue weighted by Gasteiger charge is 2.34. The number of methoxy groups -OCH3 is 1. The molecular weight excluding hydrogens is 491 g/mol. The molecule has 0 aliphatic carbocycles. The van der Waals surface area contributed by atoms with Crippen molar-refractivity contribution < 1.29 is 19.4 Å². The van der Waals surface area contributed by atoms with Gasteiger partial charge < -0.3 is 30.7 Å². The number of hydrogen-bond donors (Lipinski definition) is 3. The summed E-state index contributed by atoms with van der Waals surface area (Å²) in [5.74, 6) is -0.0125. The molecule has 0 saturated carbocycles. The number of halogens is 2. The van der Waals surface area contributed by atoms with E-state index in [1.165, 1.54) is 26.4 Å². The van der Waals surface area contributed by atoms with Gasteiger partial charge in [0.15, 0.2) is 0 Å². The summed E-state index contributed by atoms with van der Waals surface area (Å²) >= 11 is 0. The topological polar surface area (TPSA) is 108 Å². The molecule has 1 unspecified atom stereocenters. The number of amides is 2. The van der Waals surface area contributed by atoms with Crippen molar-refractivity contribution in [1.82, 2.24) is 10.2 Å². The van der Waals surface area contributed by atoms with Gasteiger partial charge in [-0.2, -0.15) is 0 Å². The number of ether oxygens (including phenoxy) is 1. The van der Waals surface area contributed by atoms with Gasteiger partial charge in [0.2, 0.25) is 5.91 Å². The fourth-order valence-corrected chi connectivity index (χ4v) is 5.05. The number of likely N-dealkylation sites (tertiary alicyclic amines) is 1. The lowest BCUT2D eigenvalue weighted by Crippen LogP contribution is -2.51. The van der Waals surface area contributed by atoms with Crippen molar-refractivity contribution in [2.75, 3.05) is 38.2 Å². The highest BCUT2D eigenvalue weighted by Crippen LogP contribution is 2.33. The second-order valence-electron chi connectivity index (χ2n) is 10.3. The Hall–Kier alpha value is -1.58. The Bertz CT molecular complexity index is 820. The van der Waals surface area contributed by atoms with Gasteiger partial charge in [0, 0.05) is 31.2 Å². The van der Waals surface area contributed by atoms with Crippen LogP contribution in [0.25, 0.3) is 0 Å². The lowest BCUT2D eigenvalue weighted by Gasteiger charge is -2.37. The van der Waals surface area contributed by atoms with Gasteiger partial charge in [-0.15, -0.1) is 24.8 Å². The number of nitrogens with one attached hydrogen (secondary N) is 1. The molecule has 1 saturated heterocycles. The molecule has 3 rings (SSSR count). The van der Waals surface area contributed by atoms with E-state index in [-0.39, 0.29) is 42.2 Å². The van der Waals surface area contributed by atoms with E-state index >= 15 is 0 Å². The van der Waals surface area contributed by atoms with Crippen LogP contribution in [0.15, 0.2) is 24.3 Å². The maximum atomic E-state index is 13.4. The van der Waals surface area contributed by atoms with Crippen LogP contribution in [0.1, 0.15) is 51.5 Å². The smallest absolute Gasteiger partial charge is 0.407 e. The zero-order valence-corrected chi connectivity index (χ0v) is 22.7.